The Labute approximate surface area is 44.9 Å². The molecular weight excluding hydrogens is 84.1 g/mol. The standard InChI is InChI=1S/C7H8/c1-5-7(3,4)6-2/h1-2H,3-4H3. The first-order valence-electron chi connectivity index (χ1n) is 2.08. The zero-order chi connectivity index (χ0) is 5.91. The summed E-state index contributed by atoms with van der Waals surface area (Å²) < 4.78 is 0. The average molecular weight is 92.1 g/mol. The summed E-state index contributed by atoms with van der Waals surface area (Å²) in [6.45, 7) is 3.65. The molecule has 0 atom stereocenters. The third-order valence-electron chi connectivity index (χ3n) is 0.722. The van der Waals surface area contributed by atoms with Crippen molar-refractivity contribution in [2.24, 2.45) is 5.41 Å². The van der Waals surface area contributed by atoms with Crippen LogP contribution in [0, 0.1) is 30.1 Å². The summed E-state index contributed by atoms with van der Waals surface area (Å²) >= 11 is 0. The van der Waals surface area contributed by atoms with Crippen LogP contribution in [0.3, 0.4) is 0 Å². The lowest BCUT2D eigenvalue weighted by Gasteiger charge is -2.04. The van der Waals surface area contributed by atoms with Crippen molar-refractivity contribution in [3.63, 3.8) is 0 Å². The number of terminal acetylenes is 2. The van der Waals surface area contributed by atoms with Gasteiger partial charge in [-0.25, -0.2) is 0 Å². The molecule has 0 aromatic rings. The molecule has 0 aliphatic rings. The molecule has 0 N–H and O–H groups in total. The summed E-state index contributed by atoms with van der Waals surface area (Å²) in [5.74, 6) is 4.91. The van der Waals surface area contributed by atoms with Gasteiger partial charge in [0.1, 0.15) is 0 Å². The quantitative estimate of drug-likeness (QED) is 0.395. The van der Waals surface area contributed by atoms with Gasteiger partial charge in [0.15, 0.2) is 0 Å². The zero-order valence-corrected chi connectivity index (χ0v) is 4.65. The van der Waals surface area contributed by atoms with E-state index >= 15 is 0 Å². The van der Waals surface area contributed by atoms with Crippen molar-refractivity contribution < 1.29 is 0 Å². The van der Waals surface area contributed by atoms with Gasteiger partial charge in [-0.15, -0.1) is 12.8 Å². The average Bonchev–Trinajstić information content (AvgIpc) is 1.68. The topological polar surface area (TPSA) is 0 Å². The highest BCUT2D eigenvalue weighted by Crippen LogP contribution is 2.08. The molecule has 0 saturated heterocycles. The molecular formula is C7H8. The largest absolute Gasteiger partial charge is 0.119 e. The van der Waals surface area contributed by atoms with Crippen molar-refractivity contribution >= 4 is 0 Å². The van der Waals surface area contributed by atoms with E-state index in [9.17, 15) is 0 Å². The molecule has 0 amide bonds. The molecule has 0 rings (SSSR count). The number of hydrogen-bond donors (Lipinski definition) is 0. The lowest BCUT2D eigenvalue weighted by molar-refractivity contribution is 0.688. The summed E-state index contributed by atoms with van der Waals surface area (Å²) in [7, 11) is 0. The highest BCUT2D eigenvalue weighted by molar-refractivity contribution is 5.16. The molecule has 0 radical (unpaired) electrons. The van der Waals surface area contributed by atoms with Gasteiger partial charge in [0, 0.05) is 0 Å². The second kappa shape index (κ2) is 1.71. The van der Waals surface area contributed by atoms with Crippen molar-refractivity contribution in [3.8, 4) is 24.7 Å². The second-order valence-corrected chi connectivity index (χ2v) is 1.91. The summed E-state index contributed by atoms with van der Waals surface area (Å²) in [5.41, 5.74) is -0.361. The smallest absolute Gasteiger partial charge is 0.0857 e. The molecule has 0 spiro atoms. The van der Waals surface area contributed by atoms with Gasteiger partial charge in [0.05, 0.1) is 5.41 Å². The third-order valence-corrected chi connectivity index (χ3v) is 0.722. The summed E-state index contributed by atoms with van der Waals surface area (Å²) in [5, 5.41) is 0. The van der Waals surface area contributed by atoms with Crippen LogP contribution in [0.15, 0.2) is 0 Å². The summed E-state index contributed by atoms with van der Waals surface area (Å²) in [4.78, 5) is 0. The van der Waals surface area contributed by atoms with Crippen molar-refractivity contribution in [3.05, 3.63) is 0 Å². The van der Waals surface area contributed by atoms with Crippen LogP contribution in [-0.2, 0) is 0 Å². The molecule has 7 heavy (non-hydrogen) atoms. The van der Waals surface area contributed by atoms with E-state index in [1.807, 2.05) is 13.8 Å². The van der Waals surface area contributed by atoms with Gasteiger partial charge in [-0.05, 0) is 13.8 Å². The third kappa shape index (κ3) is 1.90. The van der Waals surface area contributed by atoms with E-state index in [-0.39, 0.29) is 5.41 Å². The molecule has 0 aliphatic heterocycles. The fraction of sp³-hybridized carbons (Fsp3) is 0.429. The second-order valence-electron chi connectivity index (χ2n) is 1.91. The van der Waals surface area contributed by atoms with Crippen LogP contribution in [0.5, 0.6) is 0 Å². The molecule has 0 aromatic heterocycles. The van der Waals surface area contributed by atoms with Crippen molar-refractivity contribution in [2.75, 3.05) is 0 Å². The highest BCUT2D eigenvalue weighted by Gasteiger charge is 2.05. The maximum atomic E-state index is 5.02. The highest BCUT2D eigenvalue weighted by atomic mass is 14.1. The molecule has 0 saturated carbocycles. The molecule has 0 unspecified atom stereocenters. The molecule has 0 fully saturated rings. The fourth-order valence-electron chi connectivity index (χ4n) is 0.0417. The van der Waals surface area contributed by atoms with E-state index in [1.54, 1.807) is 0 Å². The van der Waals surface area contributed by atoms with Gasteiger partial charge in [-0.3, -0.25) is 0 Å². The van der Waals surface area contributed by atoms with E-state index in [1.165, 1.54) is 0 Å². The number of rotatable bonds is 0. The molecule has 0 heteroatoms. The Morgan fingerprint density at radius 3 is 1.43 bits per heavy atom. The van der Waals surface area contributed by atoms with Crippen molar-refractivity contribution in [2.45, 2.75) is 13.8 Å². The molecule has 0 aromatic carbocycles. The minimum atomic E-state index is -0.361. The first-order valence-corrected chi connectivity index (χ1v) is 2.08. The van der Waals surface area contributed by atoms with E-state index in [0.29, 0.717) is 0 Å². The molecule has 0 heterocycles. The van der Waals surface area contributed by atoms with Gasteiger partial charge in [-0.2, -0.15) is 0 Å². The maximum absolute atomic E-state index is 5.02. The Bertz CT molecular complexity index is 111. The van der Waals surface area contributed by atoms with Gasteiger partial charge >= 0.3 is 0 Å². The lowest BCUT2D eigenvalue weighted by atomic mass is 9.97. The van der Waals surface area contributed by atoms with E-state index in [0.717, 1.165) is 0 Å². The van der Waals surface area contributed by atoms with Crippen LogP contribution in [0.4, 0.5) is 0 Å². The van der Waals surface area contributed by atoms with Gasteiger partial charge in [-0.1, -0.05) is 11.8 Å². The van der Waals surface area contributed by atoms with Gasteiger partial charge in [0.2, 0.25) is 0 Å². The predicted octanol–water partition coefficient (Wildman–Crippen LogP) is 1.28. The Balaban J connectivity index is 4.00. The normalized spacial score (nSPS) is 9.14. The molecule has 0 bridgehead atoms. The van der Waals surface area contributed by atoms with Crippen molar-refractivity contribution in [1.82, 2.24) is 0 Å². The first kappa shape index (κ1) is 6.12. The molecule has 0 aliphatic carbocycles. The van der Waals surface area contributed by atoms with Gasteiger partial charge in [0.25, 0.3) is 0 Å². The molecule has 36 valence electrons. The minimum absolute atomic E-state index is 0.361. The maximum Gasteiger partial charge on any atom is 0.0857 e. The van der Waals surface area contributed by atoms with Crippen molar-refractivity contribution in [1.29, 1.82) is 0 Å². The Hall–Kier alpha value is -0.880. The van der Waals surface area contributed by atoms with E-state index in [4.69, 9.17) is 12.8 Å². The first-order chi connectivity index (χ1) is 3.12. The van der Waals surface area contributed by atoms with E-state index in [2.05, 4.69) is 11.8 Å². The van der Waals surface area contributed by atoms with Crippen LogP contribution >= 0.6 is 0 Å². The van der Waals surface area contributed by atoms with Crippen LogP contribution in [-0.4, -0.2) is 0 Å². The van der Waals surface area contributed by atoms with Crippen LogP contribution in [0.2, 0.25) is 0 Å². The Morgan fingerprint density at radius 2 is 1.43 bits per heavy atom. The van der Waals surface area contributed by atoms with Crippen LogP contribution in [0.1, 0.15) is 13.8 Å². The SMILES string of the molecule is C#CC(C)(C)C#C. The molecule has 0 nitrogen and oxygen atoms in total. The summed E-state index contributed by atoms with van der Waals surface area (Å²) in [6, 6.07) is 0. The predicted molar refractivity (Wildman–Crippen MR) is 31.4 cm³/mol. The monoisotopic (exact) mass is 92.1 g/mol. The van der Waals surface area contributed by atoms with E-state index < -0.39 is 0 Å². The fourth-order valence-corrected chi connectivity index (χ4v) is 0.0417. The van der Waals surface area contributed by atoms with Gasteiger partial charge < -0.3 is 0 Å². The number of hydrogen-bond acceptors (Lipinski definition) is 0. The van der Waals surface area contributed by atoms with Crippen LogP contribution < -0.4 is 0 Å². The summed E-state index contributed by atoms with van der Waals surface area (Å²) in [6.07, 6.45) is 10.0. The minimum Gasteiger partial charge on any atom is -0.119 e. The Morgan fingerprint density at radius 1 is 1.14 bits per heavy atom. The Kier molecular flexibility index (Phi) is 1.50. The zero-order valence-electron chi connectivity index (χ0n) is 4.65. The lowest BCUT2D eigenvalue weighted by Crippen LogP contribution is -2.01. The van der Waals surface area contributed by atoms with Crippen LogP contribution in [0.25, 0.3) is 0 Å².